The maximum Gasteiger partial charge on any atom is 0.311 e. The molecule has 2 N–H and O–H groups in total. The topological polar surface area (TPSA) is 69.6 Å². The lowest BCUT2D eigenvalue weighted by Crippen LogP contribution is -2.37. The Bertz CT molecular complexity index is 662. The lowest BCUT2D eigenvalue weighted by Gasteiger charge is -2.23. The zero-order valence-electron chi connectivity index (χ0n) is 14.0. The summed E-state index contributed by atoms with van der Waals surface area (Å²) in [6.45, 7) is 1.17. The fourth-order valence-electron chi connectivity index (χ4n) is 3.99. The molecule has 9 heteroatoms. The van der Waals surface area contributed by atoms with E-state index in [0.717, 1.165) is 12.8 Å². The van der Waals surface area contributed by atoms with Crippen LogP contribution in [0.2, 0.25) is 0 Å². The Morgan fingerprint density at radius 2 is 2.04 bits per heavy atom. The highest BCUT2D eigenvalue weighted by Gasteiger charge is 2.54. The largest absolute Gasteiger partial charge is 0.481 e. The highest BCUT2D eigenvalue weighted by Crippen LogP contribution is 2.48. The summed E-state index contributed by atoms with van der Waals surface area (Å²) in [5.74, 6) is -3.35. The van der Waals surface area contributed by atoms with Gasteiger partial charge in [-0.15, -0.1) is 12.4 Å². The predicted molar refractivity (Wildman–Crippen MR) is 98.0 cm³/mol. The van der Waals surface area contributed by atoms with Crippen LogP contribution >= 0.6 is 24.2 Å². The summed E-state index contributed by atoms with van der Waals surface area (Å²) in [7, 11) is 0. The van der Waals surface area contributed by atoms with Gasteiger partial charge in [0.05, 0.1) is 12.0 Å². The molecule has 2 fully saturated rings. The number of thioether (sulfide) groups is 1. The minimum Gasteiger partial charge on any atom is -0.481 e. The van der Waals surface area contributed by atoms with Gasteiger partial charge in [0.15, 0.2) is 0 Å². The van der Waals surface area contributed by atoms with Crippen molar-refractivity contribution in [3.8, 4) is 0 Å². The summed E-state index contributed by atoms with van der Waals surface area (Å²) in [6.07, 6.45) is 2.50. The Balaban J connectivity index is 0.00000243. The summed E-state index contributed by atoms with van der Waals surface area (Å²) in [4.78, 5) is 26.2. The third-order valence-corrected chi connectivity index (χ3v) is 5.82. The molecule has 2 atom stereocenters. The molecule has 1 amide bonds. The summed E-state index contributed by atoms with van der Waals surface area (Å²) >= 11 is 0.454. The molecule has 0 unspecified atom stereocenters. The second-order valence-electron chi connectivity index (χ2n) is 6.67. The van der Waals surface area contributed by atoms with Gasteiger partial charge < -0.3 is 10.4 Å². The summed E-state index contributed by atoms with van der Waals surface area (Å²) < 4.78 is 24.6. The van der Waals surface area contributed by atoms with Gasteiger partial charge >= 0.3 is 5.97 Å². The van der Waals surface area contributed by atoms with E-state index < -0.39 is 17.1 Å². The number of carbonyl (C=O) groups excluding carboxylic acids is 1. The first kappa shape index (κ1) is 20.9. The molecule has 1 aliphatic heterocycles. The number of amides is 1. The van der Waals surface area contributed by atoms with Crippen molar-refractivity contribution in [1.29, 1.82) is 0 Å². The molecule has 26 heavy (non-hydrogen) atoms. The van der Waals surface area contributed by atoms with Gasteiger partial charge in [-0.05, 0) is 43.0 Å². The van der Waals surface area contributed by atoms with Crippen LogP contribution in [0.15, 0.2) is 29.2 Å². The van der Waals surface area contributed by atoms with Crippen molar-refractivity contribution in [2.75, 3.05) is 25.0 Å². The van der Waals surface area contributed by atoms with E-state index in [1.54, 1.807) is 12.1 Å². The van der Waals surface area contributed by atoms with Crippen molar-refractivity contribution in [1.82, 2.24) is 4.90 Å². The van der Waals surface area contributed by atoms with Crippen LogP contribution in [0.3, 0.4) is 0 Å². The van der Waals surface area contributed by atoms with E-state index in [1.807, 2.05) is 4.90 Å². The lowest BCUT2D eigenvalue weighted by molar-refractivity contribution is -0.149. The first-order valence-corrected chi connectivity index (χ1v) is 9.07. The maximum atomic E-state index is 12.3. The highest BCUT2D eigenvalue weighted by atomic mass is 35.5. The molecule has 1 aromatic carbocycles. The van der Waals surface area contributed by atoms with E-state index in [2.05, 4.69) is 5.32 Å². The van der Waals surface area contributed by atoms with Crippen LogP contribution in [-0.4, -0.2) is 47.3 Å². The summed E-state index contributed by atoms with van der Waals surface area (Å²) in [6, 6.07) is 6.23. The van der Waals surface area contributed by atoms with Gasteiger partial charge in [-0.2, -0.15) is 8.78 Å². The van der Waals surface area contributed by atoms with Crippen molar-refractivity contribution in [3.05, 3.63) is 24.3 Å². The van der Waals surface area contributed by atoms with Gasteiger partial charge in [0.25, 0.3) is 5.76 Å². The van der Waals surface area contributed by atoms with Crippen molar-refractivity contribution in [2.24, 2.45) is 11.3 Å². The van der Waals surface area contributed by atoms with Gasteiger partial charge in [-0.25, -0.2) is 0 Å². The summed E-state index contributed by atoms with van der Waals surface area (Å²) in [5, 5.41) is 12.3. The quantitative estimate of drug-likeness (QED) is 0.707. The van der Waals surface area contributed by atoms with E-state index in [1.165, 1.54) is 12.1 Å². The van der Waals surface area contributed by atoms with Gasteiger partial charge in [-0.3, -0.25) is 14.5 Å². The van der Waals surface area contributed by atoms with Gasteiger partial charge in [-0.1, -0.05) is 18.2 Å². The van der Waals surface area contributed by atoms with E-state index in [4.69, 9.17) is 0 Å². The van der Waals surface area contributed by atoms with Crippen molar-refractivity contribution >= 4 is 41.7 Å². The second-order valence-corrected chi connectivity index (χ2v) is 7.73. The Kier molecular flexibility index (Phi) is 6.87. The van der Waals surface area contributed by atoms with Crippen LogP contribution < -0.4 is 5.32 Å². The normalized spacial score (nSPS) is 25.0. The molecule has 1 aromatic rings. The molecule has 1 heterocycles. The minimum absolute atomic E-state index is 0. The number of anilines is 1. The number of aliphatic carboxylic acids is 1. The average Bonchev–Trinajstić information content (AvgIpc) is 3.06. The Morgan fingerprint density at radius 1 is 1.35 bits per heavy atom. The van der Waals surface area contributed by atoms with Crippen molar-refractivity contribution < 1.29 is 23.5 Å². The van der Waals surface area contributed by atoms with Gasteiger partial charge in [0.1, 0.15) is 0 Å². The molecule has 3 rings (SSSR count). The fraction of sp³-hybridized carbons (Fsp3) is 0.529. The Morgan fingerprint density at radius 3 is 2.62 bits per heavy atom. The molecule has 0 spiro atoms. The number of nitrogens with one attached hydrogen (secondary N) is 1. The molecule has 5 nitrogen and oxygen atoms in total. The number of rotatable bonds is 6. The maximum absolute atomic E-state index is 12.3. The SMILES string of the molecule is Cl.O=C(CN1C[C@@H]2CCC[C@@]2(C(=O)O)C1)Nc1ccc(SC(F)F)cc1. The Hall–Kier alpha value is -1.38. The molecule has 2 aliphatic rings. The van der Waals surface area contributed by atoms with Crippen LogP contribution in [0.1, 0.15) is 19.3 Å². The molecule has 0 bridgehead atoms. The smallest absolute Gasteiger partial charge is 0.311 e. The molecular weight excluding hydrogens is 386 g/mol. The van der Waals surface area contributed by atoms with E-state index >= 15 is 0 Å². The number of halogens is 3. The average molecular weight is 407 g/mol. The molecule has 1 aliphatic carbocycles. The van der Waals surface area contributed by atoms with Gasteiger partial charge in [0, 0.05) is 23.7 Å². The lowest BCUT2D eigenvalue weighted by atomic mass is 9.81. The Labute approximate surface area is 160 Å². The fourth-order valence-corrected chi connectivity index (χ4v) is 4.49. The zero-order chi connectivity index (χ0) is 18.0. The minimum atomic E-state index is -2.48. The monoisotopic (exact) mass is 406 g/mol. The number of carbonyl (C=O) groups is 2. The third kappa shape index (κ3) is 4.47. The first-order chi connectivity index (χ1) is 11.9. The van der Waals surface area contributed by atoms with E-state index in [9.17, 15) is 23.5 Å². The van der Waals surface area contributed by atoms with Crippen LogP contribution in [0, 0.1) is 11.3 Å². The summed E-state index contributed by atoms with van der Waals surface area (Å²) in [5.41, 5.74) is -0.162. The van der Waals surface area contributed by atoms with Crippen LogP contribution in [0.4, 0.5) is 14.5 Å². The molecule has 1 saturated heterocycles. The number of hydrogen-bond acceptors (Lipinski definition) is 4. The van der Waals surface area contributed by atoms with Crippen molar-refractivity contribution in [2.45, 2.75) is 29.9 Å². The van der Waals surface area contributed by atoms with Crippen molar-refractivity contribution in [3.63, 3.8) is 0 Å². The molecule has 144 valence electrons. The number of carboxylic acids is 1. The second kappa shape index (κ2) is 8.54. The van der Waals surface area contributed by atoms with Crippen LogP contribution in [-0.2, 0) is 9.59 Å². The predicted octanol–water partition coefficient (Wildman–Crippen LogP) is 3.55. The number of alkyl halides is 2. The number of hydrogen-bond donors (Lipinski definition) is 2. The number of carboxylic acid groups (broad SMARTS) is 1. The number of benzene rings is 1. The molecule has 0 radical (unpaired) electrons. The molecule has 0 aromatic heterocycles. The van der Waals surface area contributed by atoms with Gasteiger partial charge in [0.2, 0.25) is 5.91 Å². The standard InChI is InChI=1S/C17H20F2N2O3S.ClH/c18-16(19)25-13-5-3-12(4-6-13)20-14(22)9-21-8-11-2-1-7-17(11,10-21)15(23)24;/h3-6,11,16H,1-2,7-10H2,(H,20,22)(H,23,24);1H/t11-,17+;/m0./s1. The van der Waals surface area contributed by atoms with E-state index in [-0.39, 0.29) is 30.8 Å². The number of fused-ring (bicyclic) bond motifs is 1. The van der Waals surface area contributed by atoms with E-state index in [0.29, 0.717) is 41.9 Å². The number of likely N-dealkylation sites (tertiary alicyclic amines) is 1. The highest BCUT2D eigenvalue weighted by molar-refractivity contribution is 7.99. The van der Waals surface area contributed by atoms with Crippen LogP contribution in [0.5, 0.6) is 0 Å². The first-order valence-electron chi connectivity index (χ1n) is 8.19. The molecular formula is C17H21ClF2N2O3S. The number of nitrogens with zero attached hydrogens (tertiary/aromatic N) is 1. The third-order valence-electron chi connectivity index (χ3n) is 5.10. The zero-order valence-corrected chi connectivity index (χ0v) is 15.6. The molecule has 1 saturated carbocycles. The van der Waals surface area contributed by atoms with Crippen LogP contribution in [0.25, 0.3) is 0 Å².